The van der Waals surface area contributed by atoms with E-state index in [2.05, 4.69) is 26.5 Å². The third-order valence-corrected chi connectivity index (χ3v) is 10.4. The molecule has 3 saturated carbocycles. The van der Waals surface area contributed by atoms with Gasteiger partial charge in [-0.25, -0.2) is 0 Å². The second-order valence-corrected chi connectivity index (χ2v) is 11.9. The molecule has 0 amide bonds. The molecule has 1 heterocycles. The number of carbonyl (C=O) groups is 1. The number of hydrogen-bond donors (Lipinski definition) is 4. The Hall–Kier alpha value is -1.09. The van der Waals surface area contributed by atoms with Gasteiger partial charge in [-0.3, -0.25) is 4.79 Å². The highest BCUT2D eigenvalue weighted by atomic mass is 16.7. The Bertz CT molecular complexity index is 869. The predicted octanol–water partition coefficient (Wildman–Crippen LogP) is 2.26. The molecule has 7 heteroatoms. The zero-order valence-corrected chi connectivity index (χ0v) is 20.4. The highest BCUT2D eigenvalue weighted by Crippen LogP contribution is 2.66. The first-order valence-corrected chi connectivity index (χ1v) is 13.0. The zero-order valence-electron chi connectivity index (χ0n) is 20.4. The van der Waals surface area contributed by atoms with Crippen LogP contribution >= 0.6 is 0 Å². The van der Waals surface area contributed by atoms with Crippen molar-refractivity contribution in [1.29, 1.82) is 0 Å². The van der Waals surface area contributed by atoms with Crippen LogP contribution in [0.15, 0.2) is 23.8 Å². The number of fused-ring (bicyclic) bond motifs is 5. The molecule has 11 atom stereocenters. The summed E-state index contributed by atoms with van der Waals surface area (Å²) in [6.45, 7) is 8.45. The monoisotopic (exact) mass is 476 g/mol. The molecule has 7 nitrogen and oxygen atoms in total. The molecule has 0 spiro atoms. The first kappa shape index (κ1) is 24.6. The van der Waals surface area contributed by atoms with E-state index < -0.39 is 43.1 Å². The van der Waals surface area contributed by atoms with Crippen LogP contribution in [-0.4, -0.2) is 69.6 Å². The molecule has 1 saturated heterocycles. The number of ether oxygens (including phenoxy) is 2. The van der Waals surface area contributed by atoms with Crippen molar-refractivity contribution in [2.24, 2.45) is 28.6 Å². The fourth-order valence-electron chi connectivity index (χ4n) is 8.16. The lowest BCUT2D eigenvalue weighted by Gasteiger charge is -2.57. The van der Waals surface area contributed by atoms with Crippen LogP contribution in [0.3, 0.4) is 0 Å². The van der Waals surface area contributed by atoms with E-state index in [1.54, 1.807) is 0 Å². The molecule has 4 aliphatic carbocycles. The summed E-state index contributed by atoms with van der Waals surface area (Å²) in [5.41, 5.74) is 3.31. The zero-order chi connectivity index (χ0) is 24.4. The molecule has 34 heavy (non-hydrogen) atoms. The van der Waals surface area contributed by atoms with Gasteiger partial charge in [-0.15, -0.1) is 0 Å². The van der Waals surface area contributed by atoms with Crippen molar-refractivity contribution in [3.05, 3.63) is 23.8 Å². The molecule has 0 aromatic carbocycles. The summed E-state index contributed by atoms with van der Waals surface area (Å²) in [6.07, 6.45) is 3.41. The van der Waals surface area contributed by atoms with Crippen molar-refractivity contribution >= 4 is 5.78 Å². The summed E-state index contributed by atoms with van der Waals surface area (Å²) in [6, 6.07) is 0. The van der Waals surface area contributed by atoms with Crippen LogP contribution in [0.2, 0.25) is 0 Å². The van der Waals surface area contributed by atoms with Gasteiger partial charge in [-0.2, -0.15) is 0 Å². The quantitative estimate of drug-likeness (QED) is 0.460. The van der Waals surface area contributed by atoms with Crippen LogP contribution in [0.4, 0.5) is 0 Å². The number of allylic oxidation sites excluding steroid dienone is 2. The first-order chi connectivity index (χ1) is 16.1. The van der Waals surface area contributed by atoms with E-state index in [4.69, 9.17) is 14.6 Å². The lowest BCUT2D eigenvalue weighted by Crippen LogP contribution is -2.61. The maximum atomic E-state index is 12.0. The van der Waals surface area contributed by atoms with Gasteiger partial charge in [0.2, 0.25) is 0 Å². The summed E-state index contributed by atoms with van der Waals surface area (Å²) >= 11 is 0. The van der Waals surface area contributed by atoms with E-state index in [1.807, 2.05) is 0 Å². The van der Waals surface area contributed by atoms with E-state index in [9.17, 15) is 20.1 Å². The first-order valence-electron chi connectivity index (χ1n) is 13.0. The number of carbonyl (C=O) groups excluding carboxylic acids is 1. The molecule has 4 N–H and O–H groups in total. The fraction of sp³-hybridized carbons (Fsp3) is 0.815. The molecule has 190 valence electrons. The van der Waals surface area contributed by atoms with Crippen molar-refractivity contribution in [2.45, 2.75) is 102 Å². The number of ketones is 1. The Balaban J connectivity index is 1.29. The maximum absolute atomic E-state index is 12.0. The number of rotatable bonds is 4. The minimum absolute atomic E-state index is 0.144. The number of aliphatic hydroxyl groups is 4. The maximum Gasteiger partial charge on any atom is 0.189 e. The molecule has 0 aromatic heterocycles. The molecule has 1 aliphatic heterocycles. The van der Waals surface area contributed by atoms with E-state index in [0.717, 1.165) is 38.0 Å². The third-order valence-electron chi connectivity index (χ3n) is 10.4. The standard InChI is InChI=1S/C27H40O7/c1-14-4-7-18-17-6-5-15-12-16(8-10-27(15,3)19(17)9-11-26(14,18)2)33-25-23(32)21(30)22(31)24(34-25)20(29)13-28/h5,16-19,21-25,28,30-32H,1,4,6-13H2,2-3H3/t16-,17?,18?,19?,21?,22?,23?,24?,25?,26+,27-/m0/s1. The average Bonchev–Trinajstić information content (AvgIpc) is 3.13. The highest BCUT2D eigenvalue weighted by Gasteiger charge is 2.57. The van der Waals surface area contributed by atoms with Crippen LogP contribution in [0.1, 0.15) is 65.2 Å². The number of aliphatic hydroxyl groups excluding tert-OH is 4. The molecule has 5 aliphatic rings. The Kier molecular flexibility index (Phi) is 6.36. The van der Waals surface area contributed by atoms with Crippen molar-refractivity contribution in [3.63, 3.8) is 0 Å². The third kappa shape index (κ3) is 3.66. The lowest BCUT2D eigenvalue weighted by atomic mass is 9.48. The second kappa shape index (κ2) is 8.79. The molecule has 5 rings (SSSR count). The van der Waals surface area contributed by atoms with E-state index in [0.29, 0.717) is 17.3 Å². The normalized spacial score (nSPS) is 50.7. The van der Waals surface area contributed by atoms with E-state index in [-0.39, 0.29) is 11.5 Å². The van der Waals surface area contributed by atoms with Crippen LogP contribution in [-0.2, 0) is 14.3 Å². The van der Waals surface area contributed by atoms with Gasteiger partial charge in [0.05, 0.1) is 6.10 Å². The molecular formula is C27H40O7. The summed E-state index contributed by atoms with van der Waals surface area (Å²) < 4.78 is 11.6. The smallest absolute Gasteiger partial charge is 0.189 e. The van der Waals surface area contributed by atoms with Crippen molar-refractivity contribution in [3.8, 4) is 0 Å². The minimum atomic E-state index is -1.61. The average molecular weight is 477 g/mol. The molecule has 4 fully saturated rings. The molecular weight excluding hydrogens is 436 g/mol. The van der Waals surface area contributed by atoms with Crippen LogP contribution < -0.4 is 0 Å². The molecule has 0 bridgehead atoms. The van der Waals surface area contributed by atoms with Gasteiger partial charge < -0.3 is 29.9 Å². The Labute approximate surface area is 201 Å². The van der Waals surface area contributed by atoms with E-state index in [1.165, 1.54) is 30.4 Å². The van der Waals surface area contributed by atoms with Crippen molar-refractivity contribution < 1.29 is 34.7 Å². The fourth-order valence-corrected chi connectivity index (χ4v) is 8.16. The van der Waals surface area contributed by atoms with Gasteiger partial charge in [0.15, 0.2) is 12.1 Å². The SMILES string of the molecule is C=C1CCC2C3CC=C4C[C@@H](OC5OC(C(=O)CO)C(O)C(O)C5O)CC[C@]4(C)C3CC[C@]12C. The van der Waals surface area contributed by atoms with Gasteiger partial charge in [0.1, 0.15) is 31.0 Å². The highest BCUT2D eigenvalue weighted by molar-refractivity contribution is 5.84. The second-order valence-electron chi connectivity index (χ2n) is 11.9. The largest absolute Gasteiger partial charge is 0.388 e. The van der Waals surface area contributed by atoms with Gasteiger partial charge in [0.25, 0.3) is 0 Å². The predicted molar refractivity (Wildman–Crippen MR) is 124 cm³/mol. The number of Topliss-reactive ketones (excluding diaryl/α,β-unsaturated/α-hetero) is 1. The Morgan fingerprint density at radius 1 is 1.09 bits per heavy atom. The van der Waals surface area contributed by atoms with Gasteiger partial charge >= 0.3 is 0 Å². The molecule has 0 aromatic rings. The van der Waals surface area contributed by atoms with E-state index >= 15 is 0 Å². The Morgan fingerprint density at radius 3 is 2.53 bits per heavy atom. The van der Waals surface area contributed by atoms with Gasteiger partial charge in [-0.1, -0.05) is 37.6 Å². The molecule has 8 unspecified atom stereocenters. The van der Waals surface area contributed by atoms with Crippen LogP contribution in [0.5, 0.6) is 0 Å². The molecule has 0 radical (unpaired) electrons. The van der Waals surface area contributed by atoms with Crippen LogP contribution in [0.25, 0.3) is 0 Å². The summed E-state index contributed by atoms with van der Waals surface area (Å²) in [4.78, 5) is 12.0. The lowest BCUT2D eigenvalue weighted by molar-refractivity contribution is -0.303. The minimum Gasteiger partial charge on any atom is -0.388 e. The van der Waals surface area contributed by atoms with Crippen molar-refractivity contribution in [2.75, 3.05) is 6.61 Å². The summed E-state index contributed by atoms with van der Waals surface area (Å²) in [7, 11) is 0. The number of hydrogen-bond acceptors (Lipinski definition) is 7. The topological polar surface area (TPSA) is 116 Å². The van der Waals surface area contributed by atoms with Crippen molar-refractivity contribution in [1.82, 2.24) is 0 Å². The summed E-state index contributed by atoms with van der Waals surface area (Å²) in [5.74, 6) is 1.34. The van der Waals surface area contributed by atoms with Crippen LogP contribution in [0, 0.1) is 28.6 Å². The van der Waals surface area contributed by atoms with Gasteiger partial charge in [-0.05, 0) is 80.0 Å². The summed E-state index contributed by atoms with van der Waals surface area (Å²) in [5, 5.41) is 39.9. The van der Waals surface area contributed by atoms with Gasteiger partial charge in [0, 0.05) is 0 Å². The Morgan fingerprint density at radius 2 is 1.79 bits per heavy atom.